The van der Waals surface area contributed by atoms with Crippen LogP contribution in [0.15, 0.2) is 24.5 Å². The highest BCUT2D eigenvalue weighted by Gasteiger charge is 2.11. The summed E-state index contributed by atoms with van der Waals surface area (Å²) >= 11 is 0. The fraction of sp³-hybridized carbons (Fsp3) is 0.357. The average Bonchev–Trinajstić information content (AvgIpc) is 2.83. The second-order valence-electron chi connectivity index (χ2n) is 4.74. The molecular weight excluding hydrogens is 256 g/mol. The number of hydrogen-bond donors (Lipinski definition) is 1. The van der Waals surface area contributed by atoms with Crippen molar-refractivity contribution in [2.75, 3.05) is 11.9 Å². The van der Waals surface area contributed by atoms with E-state index >= 15 is 0 Å². The number of hydrogen-bond acceptors (Lipinski definition) is 4. The molecule has 0 amide bonds. The second-order valence-corrected chi connectivity index (χ2v) is 4.74. The van der Waals surface area contributed by atoms with E-state index < -0.39 is 5.97 Å². The minimum absolute atomic E-state index is 0.268. The van der Waals surface area contributed by atoms with Crippen LogP contribution in [-0.2, 0) is 20.0 Å². The Hall–Kier alpha value is -2.37. The van der Waals surface area contributed by atoms with Crippen molar-refractivity contribution in [1.82, 2.24) is 14.8 Å². The number of aromatic nitrogens is 3. The smallest absolute Gasteiger partial charge is 0.335 e. The number of anilines is 1. The van der Waals surface area contributed by atoms with Crippen LogP contribution < -0.4 is 4.90 Å². The zero-order valence-corrected chi connectivity index (χ0v) is 11.9. The molecule has 0 bridgehead atoms. The number of aryl methyl sites for hydroxylation is 2. The first-order valence-corrected chi connectivity index (χ1v) is 6.42. The molecule has 0 spiro atoms. The molecule has 0 aromatic carbocycles. The van der Waals surface area contributed by atoms with Crippen LogP contribution in [0.1, 0.15) is 28.5 Å². The first kappa shape index (κ1) is 14.0. The summed E-state index contributed by atoms with van der Waals surface area (Å²) in [5.74, 6) is -0.274. The van der Waals surface area contributed by atoms with E-state index in [9.17, 15) is 4.79 Å². The lowest BCUT2D eigenvalue weighted by molar-refractivity contribution is 0.0696. The van der Waals surface area contributed by atoms with Gasteiger partial charge in [-0.2, -0.15) is 5.10 Å². The fourth-order valence-electron chi connectivity index (χ4n) is 1.98. The van der Waals surface area contributed by atoms with Gasteiger partial charge >= 0.3 is 5.97 Å². The van der Waals surface area contributed by atoms with Gasteiger partial charge in [-0.15, -0.1) is 0 Å². The molecule has 2 heterocycles. The molecule has 0 aliphatic carbocycles. The molecule has 6 nitrogen and oxygen atoms in total. The van der Waals surface area contributed by atoms with Gasteiger partial charge in [-0.05, 0) is 18.6 Å². The summed E-state index contributed by atoms with van der Waals surface area (Å²) < 4.78 is 1.74. The molecule has 1 N–H and O–H groups in total. The Balaban J connectivity index is 2.26. The highest BCUT2D eigenvalue weighted by atomic mass is 16.4. The molecule has 0 aliphatic heterocycles. The van der Waals surface area contributed by atoms with Gasteiger partial charge in [-0.25, -0.2) is 9.78 Å². The molecule has 2 aromatic heterocycles. The summed E-state index contributed by atoms with van der Waals surface area (Å²) in [6, 6.07) is 3.21. The summed E-state index contributed by atoms with van der Waals surface area (Å²) in [6.45, 7) is 2.59. The van der Waals surface area contributed by atoms with Crippen LogP contribution in [0, 0.1) is 0 Å². The molecule has 0 fully saturated rings. The van der Waals surface area contributed by atoms with Gasteiger partial charge in [0.2, 0.25) is 0 Å². The van der Waals surface area contributed by atoms with Crippen molar-refractivity contribution in [3.05, 3.63) is 41.3 Å². The van der Waals surface area contributed by atoms with E-state index in [-0.39, 0.29) is 5.56 Å². The molecule has 6 heteroatoms. The van der Waals surface area contributed by atoms with Gasteiger partial charge in [0.25, 0.3) is 0 Å². The Bertz CT molecular complexity index is 621. The maximum Gasteiger partial charge on any atom is 0.335 e. The third kappa shape index (κ3) is 3.14. The highest BCUT2D eigenvalue weighted by Crippen LogP contribution is 2.17. The third-order valence-electron chi connectivity index (χ3n) is 3.04. The van der Waals surface area contributed by atoms with Crippen LogP contribution in [0.25, 0.3) is 0 Å². The van der Waals surface area contributed by atoms with Crippen LogP contribution in [0.3, 0.4) is 0 Å². The standard InChI is InChI=1S/C14H18N4O2/c1-4-12-5-11(14(19)20)6-13(16-12)17(2)8-10-7-15-18(3)9-10/h5-7,9H,4,8H2,1-3H3,(H,19,20). The predicted octanol–water partition coefficient (Wildman–Crippen LogP) is 1.71. The SMILES string of the molecule is CCc1cc(C(=O)O)cc(N(C)Cc2cnn(C)c2)n1. The zero-order chi connectivity index (χ0) is 14.7. The number of carbonyl (C=O) groups is 1. The number of carboxylic acid groups (broad SMARTS) is 1. The van der Waals surface area contributed by atoms with E-state index in [1.165, 1.54) is 0 Å². The van der Waals surface area contributed by atoms with Gasteiger partial charge in [0.15, 0.2) is 0 Å². The van der Waals surface area contributed by atoms with E-state index in [1.54, 1.807) is 23.0 Å². The van der Waals surface area contributed by atoms with Crippen LogP contribution in [0.4, 0.5) is 5.82 Å². The van der Waals surface area contributed by atoms with Crippen molar-refractivity contribution in [2.24, 2.45) is 7.05 Å². The Morgan fingerprint density at radius 3 is 2.75 bits per heavy atom. The van der Waals surface area contributed by atoms with E-state index in [0.29, 0.717) is 18.8 Å². The minimum atomic E-state index is -0.932. The average molecular weight is 274 g/mol. The Kier molecular flexibility index (Phi) is 4.02. The van der Waals surface area contributed by atoms with Crippen LogP contribution in [0.5, 0.6) is 0 Å². The summed E-state index contributed by atoms with van der Waals surface area (Å²) in [5, 5.41) is 13.3. The molecule has 2 rings (SSSR count). The van der Waals surface area contributed by atoms with Crippen molar-refractivity contribution in [3.63, 3.8) is 0 Å². The summed E-state index contributed by atoms with van der Waals surface area (Å²) in [7, 11) is 3.75. The molecule has 0 aliphatic rings. The van der Waals surface area contributed by atoms with E-state index in [4.69, 9.17) is 5.11 Å². The van der Waals surface area contributed by atoms with Crippen LogP contribution in [0.2, 0.25) is 0 Å². The normalized spacial score (nSPS) is 10.6. The second kappa shape index (κ2) is 5.73. The lowest BCUT2D eigenvalue weighted by atomic mass is 10.2. The van der Waals surface area contributed by atoms with Crippen LogP contribution in [-0.4, -0.2) is 32.9 Å². The Morgan fingerprint density at radius 1 is 1.45 bits per heavy atom. The molecule has 0 unspecified atom stereocenters. The molecule has 0 saturated carbocycles. The predicted molar refractivity (Wildman–Crippen MR) is 75.9 cm³/mol. The maximum atomic E-state index is 11.1. The van der Waals surface area contributed by atoms with Gasteiger partial charge in [0.05, 0.1) is 11.8 Å². The van der Waals surface area contributed by atoms with E-state index in [2.05, 4.69) is 10.1 Å². The number of pyridine rings is 1. The van der Waals surface area contributed by atoms with Crippen molar-refractivity contribution in [3.8, 4) is 0 Å². The number of carboxylic acids is 1. The molecule has 0 saturated heterocycles. The third-order valence-corrected chi connectivity index (χ3v) is 3.04. The fourth-order valence-corrected chi connectivity index (χ4v) is 1.98. The lowest BCUT2D eigenvalue weighted by Gasteiger charge is -2.18. The molecule has 0 atom stereocenters. The van der Waals surface area contributed by atoms with E-state index in [1.807, 2.05) is 32.1 Å². The van der Waals surface area contributed by atoms with Gasteiger partial charge < -0.3 is 10.0 Å². The maximum absolute atomic E-state index is 11.1. The monoisotopic (exact) mass is 274 g/mol. The number of rotatable bonds is 5. The Labute approximate surface area is 117 Å². The van der Waals surface area contributed by atoms with Crippen molar-refractivity contribution in [1.29, 1.82) is 0 Å². The zero-order valence-electron chi connectivity index (χ0n) is 11.9. The summed E-state index contributed by atoms with van der Waals surface area (Å²) in [5.41, 5.74) is 2.10. The van der Waals surface area contributed by atoms with E-state index in [0.717, 1.165) is 11.3 Å². The van der Waals surface area contributed by atoms with Crippen molar-refractivity contribution < 1.29 is 9.90 Å². The molecule has 106 valence electrons. The molecule has 20 heavy (non-hydrogen) atoms. The molecule has 2 aromatic rings. The first-order chi connectivity index (χ1) is 9.49. The largest absolute Gasteiger partial charge is 0.478 e. The van der Waals surface area contributed by atoms with Crippen molar-refractivity contribution >= 4 is 11.8 Å². The minimum Gasteiger partial charge on any atom is -0.478 e. The van der Waals surface area contributed by atoms with Gasteiger partial charge in [0.1, 0.15) is 5.82 Å². The van der Waals surface area contributed by atoms with Gasteiger partial charge in [-0.3, -0.25) is 4.68 Å². The first-order valence-electron chi connectivity index (χ1n) is 6.42. The summed E-state index contributed by atoms with van der Waals surface area (Å²) in [4.78, 5) is 17.5. The molecule has 0 radical (unpaired) electrons. The summed E-state index contributed by atoms with van der Waals surface area (Å²) in [6.07, 6.45) is 4.42. The quantitative estimate of drug-likeness (QED) is 0.898. The van der Waals surface area contributed by atoms with Crippen LogP contribution >= 0.6 is 0 Å². The van der Waals surface area contributed by atoms with Gasteiger partial charge in [0, 0.05) is 38.1 Å². The Morgan fingerprint density at radius 2 is 2.20 bits per heavy atom. The number of nitrogens with zero attached hydrogens (tertiary/aromatic N) is 4. The topological polar surface area (TPSA) is 71.2 Å². The molecular formula is C14H18N4O2. The number of aromatic carboxylic acids is 1. The highest BCUT2D eigenvalue weighted by molar-refractivity contribution is 5.88. The lowest BCUT2D eigenvalue weighted by Crippen LogP contribution is -2.18. The van der Waals surface area contributed by atoms with Gasteiger partial charge in [-0.1, -0.05) is 6.92 Å². The van der Waals surface area contributed by atoms with Crippen molar-refractivity contribution in [2.45, 2.75) is 19.9 Å².